The molecule has 4 nitrogen and oxygen atoms in total. The van der Waals surface area contributed by atoms with Crippen molar-refractivity contribution in [2.45, 2.75) is 25.8 Å². The summed E-state index contributed by atoms with van der Waals surface area (Å²) in [6.45, 7) is 4.79. The first-order valence-electron chi connectivity index (χ1n) is 7.66. The van der Waals surface area contributed by atoms with Crippen LogP contribution < -0.4 is 5.32 Å². The van der Waals surface area contributed by atoms with Gasteiger partial charge in [0.25, 0.3) is 5.91 Å². The SMILES string of the molecule is CCN(C(=O)c1cccc2ncccc12)C1CCNCC1. The van der Waals surface area contributed by atoms with Gasteiger partial charge < -0.3 is 10.2 Å². The fourth-order valence-corrected chi connectivity index (χ4v) is 3.13. The number of aromatic nitrogens is 1. The number of pyridine rings is 1. The van der Waals surface area contributed by atoms with E-state index in [0.29, 0.717) is 6.04 Å². The van der Waals surface area contributed by atoms with Crippen LogP contribution in [0.2, 0.25) is 0 Å². The number of benzene rings is 1. The zero-order chi connectivity index (χ0) is 14.7. The highest BCUT2D eigenvalue weighted by molar-refractivity contribution is 6.06. The summed E-state index contributed by atoms with van der Waals surface area (Å²) < 4.78 is 0. The van der Waals surface area contributed by atoms with Crippen molar-refractivity contribution in [2.24, 2.45) is 0 Å². The van der Waals surface area contributed by atoms with Gasteiger partial charge in [-0.15, -0.1) is 0 Å². The molecule has 0 atom stereocenters. The van der Waals surface area contributed by atoms with E-state index in [9.17, 15) is 4.79 Å². The molecule has 21 heavy (non-hydrogen) atoms. The van der Waals surface area contributed by atoms with Crippen LogP contribution >= 0.6 is 0 Å². The van der Waals surface area contributed by atoms with Crippen molar-refractivity contribution >= 4 is 16.8 Å². The maximum absolute atomic E-state index is 13.0. The van der Waals surface area contributed by atoms with E-state index >= 15 is 0 Å². The zero-order valence-electron chi connectivity index (χ0n) is 12.4. The molecule has 2 aromatic rings. The van der Waals surface area contributed by atoms with Crippen LogP contribution in [0.5, 0.6) is 0 Å². The highest BCUT2D eigenvalue weighted by atomic mass is 16.2. The summed E-state index contributed by atoms with van der Waals surface area (Å²) in [6.07, 6.45) is 3.83. The van der Waals surface area contributed by atoms with Crippen LogP contribution in [0.15, 0.2) is 36.5 Å². The lowest BCUT2D eigenvalue weighted by atomic mass is 10.0. The quantitative estimate of drug-likeness (QED) is 0.941. The van der Waals surface area contributed by atoms with Crippen molar-refractivity contribution in [3.63, 3.8) is 0 Å². The summed E-state index contributed by atoms with van der Waals surface area (Å²) in [6, 6.07) is 9.99. The number of piperidine rings is 1. The molecule has 1 amide bonds. The molecule has 2 heterocycles. The Balaban J connectivity index is 1.94. The Bertz CT molecular complexity index is 629. The van der Waals surface area contributed by atoms with Crippen LogP contribution in [0.3, 0.4) is 0 Å². The first kappa shape index (κ1) is 14.0. The minimum absolute atomic E-state index is 0.128. The predicted octanol–water partition coefficient (Wildman–Crippen LogP) is 2.45. The summed E-state index contributed by atoms with van der Waals surface area (Å²) in [5.41, 5.74) is 1.64. The van der Waals surface area contributed by atoms with Crippen LogP contribution in [-0.2, 0) is 0 Å². The van der Waals surface area contributed by atoms with Gasteiger partial charge in [0.05, 0.1) is 5.52 Å². The number of nitrogens with one attached hydrogen (secondary N) is 1. The van der Waals surface area contributed by atoms with Gasteiger partial charge in [0.15, 0.2) is 0 Å². The summed E-state index contributed by atoms with van der Waals surface area (Å²) in [5.74, 6) is 0.128. The van der Waals surface area contributed by atoms with Crippen molar-refractivity contribution < 1.29 is 4.79 Å². The van der Waals surface area contributed by atoms with Gasteiger partial charge in [0.1, 0.15) is 0 Å². The summed E-state index contributed by atoms with van der Waals surface area (Å²) in [5, 5.41) is 4.30. The largest absolute Gasteiger partial charge is 0.336 e. The molecule has 1 aromatic heterocycles. The summed E-state index contributed by atoms with van der Waals surface area (Å²) >= 11 is 0. The Morgan fingerprint density at radius 3 is 2.86 bits per heavy atom. The molecule has 0 spiro atoms. The van der Waals surface area contributed by atoms with Gasteiger partial charge in [0, 0.05) is 29.7 Å². The first-order chi connectivity index (χ1) is 10.3. The monoisotopic (exact) mass is 283 g/mol. The molecule has 0 unspecified atom stereocenters. The Kier molecular flexibility index (Phi) is 4.15. The van der Waals surface area contributed by atoms with E-state index in [-0.39, 0.29) is 5.91 Å². The molecule has 1 N–H and O–H groups in total. The molecular formula is C17H21N3O. The summed E-state index contributed by atoms with van der Waals surface area (Å²) in [7, 11) is 0. The number of rotatable bonds is 3. The molecule has 1 aliphatic heterocycles. The lowest BCUT2D eigenvalue weighted by Crippen LogP contribution is -2.46. The highest BCUT2D eigenvalue weighted by Gasteiger charge is 2.25. The van der Waals surface area contributed by atoms with Crippen LogP contribution in [0.1, 0.15) is 30.1 Å². The molecule has 0 radical (unpaired) electrons. The average molecular weight is 283 g/mol. The molecule has 0 aliphatic carbocycles. The molecule has 1 fully saturated rings. The van der Waals surface area contributed by atoms with E-state index in [4.69, 9.17) is 0 Å². The van der Waals surface area contributed by atoms with Crippen molar-refractivity contribution in [1.29, 1.82) is 0 Å². The number of carbonyl (C=O) groups excluding carboxylic acids is 1. The second kappa shape index (κ2) is 6.22. The number of amides is 1. The van der Waals surface area contributed by atoms with E-state index in [1.165, 1.54) is 0 Å². The third-order valence-electron chi connectivity index (χ3n) is 4.23. The van der Waals surface area contributed by atoms with Gasteiger partial charge in [0.2, 0.25) is 0 Å². The molecule has 0 saturated carbocycles. The van der Waals surface area contributed by atoms with E-state index in [2.05, 4.69) is 17.2 Å². The molecule has 1 aliphatic rings. The number of fused-ring (bicyclic) bond motifs is 1. The van der Waals surface area contributed by atoms with Gasteiger partial charge in [-0.05, 0) is 51.1 Å². The van der Waals surface area contributed by atoms with Gasteiger partial charge >= 0.3 is 0 Å². The minimum Gasteiger partial charge on any atom is -0.336 e. The topological polar surface area (TPSA) is 45.2 Å². The molecule has 1 saturated heterocycles. The molecule has 3 rings (SSSR count). The number of hydrogen-bond acceptors (Lipinski definition) is 3. The molecule has 4 heteroatoms. The lowest BCUT2D eigenvalue weighted by molar-refractivity contribution is 0.0658. The standard InChI is InChI=1S/C17H21N3O/c1-2-20(13-8-11-18-12-9-13)17(21)15-5-3-7-16-14(15)6-4-10-19-16/h3-7,10,13,18H,2,8-9,11-12H2,1H3. The first-order valence-corrected chi connectivity index (χ1v) is 7.66. The molecular weight excluding hydrogens is 262 g/mol. The van der Waals surface area contributed by atoms with E-state index in [0.717, 1.165) is 48.9 Å². The third kappa shape index (κ3) is 2.76. The Morgan fingerprint density at radius 2 is 2.10 bits per heavy atom. The van der Waals surface area contributed by atoms with E-state index in [1.807, 2.05) is 35.2 Å². The summed E-state index contributed by atoms with van der Waals surface area (Å²) in [4.78, 5) is 19.3. The molecule has 1 aromatic carbocycles. The lowest BCUT2D eigenvalue weighted by Gasteiger charge is -2.34. The van der Waals surface area contributed by atoms with E-state index < -0.39 is 0 Å². The molecule has 0 bridgehead atoms. The normalized spacial score (nSPS) is 16.0. The van der Waals surface area contributed by atoms with Crippen molar-refractivity contribution in [3.8, 4) is 0 Å². The zero-order valence-corrected chi connectivity index (χ0v) is 12.4. The van der Waals surface area contributed by atoms with Crippen LogP contribution in [0.4, 0.5) is 0 Å². The average Bonchev–Trinajstić information content (AvgIpc) is 2.56. The van der Waals surface area contributed by atoms with Gasteiger partial charge in [-0.2, -0.15) is 0 Å². The second-order valence-corrected chi connectivity index (χ2v) is 5.45. The van der Waals surface area contributed by atoms with Crippen molar-refractivity contribution in [3.05, 3.63) is 42.1 Å². The second-order valence-electron chi connectivity index (χ2n) is 5.45. The minimum atomic E-state index is 0.128. The fraction of sp³-hybridized carbons (Fsp3) is 0.412. The number of carbonyl (C=O) groups is 1. The van der Waals surface area contributed by atoms with Gasteiger partial charge in [-0.1, -0.05) is 12.1 Å². The van der Waals surface area contributed by atoms with Gasteiger partial charge in [-0.25, -0.2) is 0 Å². The predicted molar refractivity (Wildman–Crippen MR) is 84.3 cm³/mol. The van der Waals surface area contributed by atoms with Crippen molar-refractivity contribution in [2.75, 3.05) is 19.6 Å². The Hall–Kier alpha value is -1.94. The maximum atomic E-state index is 13.0. The molecule has 110 valence electrons. The smallest absolute Gasteiger partial charge is 0.254 e. The van der Waals surface area contributed by atoms with Crippen LogP contribution in [0, 0.1) is 0 Å². The van der Waals surface area contributed by atoms with Gasteiger partial charge in [-0.3, -0.25) is 9.78 Å². The maximum Gasteiger partial charge on any atom is 0.254 e. The fourth-order valence-electron chi connectivity index (χ4n) is 3.13. The highest BCUT2D eigenvalue weighted by Crippen LogP contribution is 2.21. The third-order valence-corrected chi connectivity index (χ3v) is 4.23. The van der Waals surface area contributed by atoms with Crippen LogP contribution in [0.25, 0.3) is 10.9 Å². The number of hydrogen-bond donors (Lipinski definition) is 1. The number of nitrogens with zero attached hydrogens (tertiary/aromatic N) is 2. The Morgan fingerprint density at radius 1 is 1.29 bits per heavy atom. The van der Waals surface area contributed by atoms with E-state index in [1.54, 1.807) is 6.20 Å². The Labute approximate surface area is 125 Å². The van der Waals surface area contributed by atoms with Crippen molar-refractivity contribution in [1.82, 2.24) is 15.2 Å². The van der Waals surface area contributed by atoms with Crippen LogP contribution in [-0.4, -0.2) is 41.5 Å².